The van der Waals surface area contributed by atoms with Gasteiger partial charge in [0.15, 0.2) is 0 Å². The third kappa shape index (κ3) is 11.5. The van der Waals surface area contributed by atoms with Gasteiger partial charge in [-0.2, -0.15) is 0 Å². The molecule has 1 aliphatic heterocycles. The smallest absolute Gasteiger partial charge is 0.258 e. The Labute approximate surface area is 264 Å². The summed E-state index contributed by atoms with van der Waals surface area (Å²) in [6, 6.07) is 15.2. The Balaban J connectivity index is 1.87. The minimum absolute atomic E-state index is 0.00279. The molecule has 1 aliphatic rings. The number of aliphatic hydroxyl groups is 1. The third-order valence-electron chi connectivity index (χ3n) is 8.13. The van der Waals surface area contributed by atoms with E-state index in [1.54, 1.807) is 23.1 Å². The highest BCUT2D eigenvalue weighted by Crippen LogP contribution is 2.28. The maximum Gasteiger partial charge on any atom is 0.258 e. The summed E-state index contributed by atoms with van der Waals surface area (Å²) in [5.74, 6) is 0.154. The van der Waals surface area contributed by atoms with Crippen LogP contribution in [0.2, 0.25) is 0 Å². The number of ether oxygens (including phenoxy) is 2. The molecular formula is C35H54N4O5. The molecule has 4 atom stereocenters. The molecule has 2 amide bonds. The Morgan fingerprint density at radius 1 is 1.11 bits per heavy atom. The summed E-state index contributed by atoms with van der Waals surface area (Å²) in [6.07, 6.45) is 3.61. The normalized spacial score (nSPS) is 21.0. The Morgan fingerprint density at radius 2 is 1.86 bits per heavy atom. The van der Waals surface area contributed by atoms with E-state index in [9.17, 15) is 14.7 Å². The van der Waals surface area contributed by atoms with Crippen molar-refractivity contribution in [2.24, 2.45) is 5.92 Å². The number of nitrogens with one attached hydrogen (secondary N) is 1. The number of benzene rings is 2. The predicted molar refractivity (Wildman–Crippen MR) is 176 cm³/mol. The zero-order chi connectivity index (χ0) is 32.1. The minimum atomic E-state index is -0.421. The second kappa shape index (κ2) is 18.1. The van der Waals surface area contributed by atoms with Gasteiger partial charge in [0.2, 0.25) is 5.91 Å². The number of anilines is 1. The second-order valence-electron chi connectivity index (χ2n) is 12.6. The highest BCUT2D eigenvalue weighted by atomic mass is 16.5. The molecule has 2 aromatic carbocycles. The summed E-state index contributed by atoms with van der Waals surface area (Å²) < 4.78 is 12.8. The lowest BCUT2D eigenvalue weighted by Crippen LogP contribution is -2.47. The first-order chi connectivity index (χ1) is 21.1. The van der Waals surface area contributed by atoms with Crippen LogP contribution in [-0.4, -0.2) is 104 Å². The van der Waals surface area contributed by atoms with Crippen LogP contribution < -0.4 is 10.1 Å². The van der Waals surface area contributed by atoms with Crippen molar-refractivity contribution in [3.05, 3.63) is 59.7 Å². The molecule has 9 nitrogen and oxygen atoms in total. The van der Waals surface area contributed by atoms with Crippen molar-refractivity contribution in [3.8, 4) is 5.75 Å². The molecule has 0 saturated carbocycles. The van der Waals surface area contributed by atoms with Crippen LogP contribution in [0.4, 0.5) is 5.69 Å². The first kappa shape index (κ1) is 35.5. The maximum atomic E-state index is 14.3. The predicted octanol–water partition coefficient (Wildman–Crippen LogP) is 4.89. The molecule has 9 heteroatoms. The van der Waals surface area contributed by atoms with Crippen molar-refractivity contribution in [1.29, 1.82) is 0 Å². The maximum absolute atomic E-state index is 14.3. The average molecular weight is 611 g/mol. The van der Waals surface area contributed by atoms with Gasteiger partial charge in [-0.1, -0.05) is 37.3 Å². The first-order valence-electron chi connectivity index (χ1n) is 16.1. The van der Waals surface area contributed by atoms with Crippen LogP contribution in [0.3, 0.4) is 0 Å². The van der Waals surface area contributed by atoms with E-state index in [4.69, 9.17) is 9.47 Å². The van der Waals surface area contributed by atoms with Gasteiger partial charge < -0.3 is 29.7 Å². The van der Waals surface area contributed by atoms with E-state index >= 15 is 0 Å². The van der Waals surface area contributed by atoms with E-state index in [1.807, 2.05) is 51.0 Å². The number of carbonyl (C=O) groups is 2. The fraction of sp³-hybridized carbons (Fsp3) is 0.600. The number of aliphatic hydroxyl groups excluding tert-OH is 1. The number of hydrogen-bond acceptors (Lipinski definition) is 7. The molecule has 0 aromatic heterocycles. The molecule has 44 heavy (non-hydrogen) atoms. The SMILES string of the molecule is C[C@@H]1CCCCO[C@@H](CN(C)Cc2ccccc2)[C@H](C)CN([C@H](C)CO)C(=O)c2cc(NC(=O)CCCN(C)C)ccc2O1. The first-order valence-corrected chi connectivity index (χ1v) is 16.1. The van der Waals surface area contributed by atoms with E-state index in [0.29, 0.717) is 43.1 Å². The van der Waals surface area contributed by atoms with Gasteiger partial charge in [-0.3, -0.25) is 14.5 Å². The largest absolute Gasteiger partial charge is 0.490 e. The van der Waals surface area contributed by atoms with Crippen molar-refractivity contribution < 1.29 is 24.2 Å². The van der Waals surface area contributed by atoms with Gasteiger partial charge in [-0.05, 0) is 91.0 Å². The van der Waals surface area contributed by atoms with Crippen LogP contribution in [0, 0.1) is 5.92 Å². The fourth-order valence-corrected chi connectivity index (χ4v) is 5.51. The highest BCUT2D eigenvalue weighted by molar-refractivity contribution is 5.99. The van der Waals surface area contributed by atoms with Gasteiger partial charge in [-0.25, -0.2) is 0 Å². The molecular weight excluding hydrogens is 556 g/mol. The van der Waals surface area contributed by atoms with Crippen LogP contribution in [0.1, 0.15) is 68.8 Å². The Morgan fingerprint density at radius 3 is 2.57 bits per heavy atom. The lowest BCUT2D eigenvalue weighted by Gasteiger charge is -2.36. The Hall–Kier alpha value is -2.98. The van der Waals surface area contributed by atoms with E-state index in [0.717, 1.165) is 38.8 Å². The van der Waals surface area contributed by atoms with Crippen molar-refractivity contribution >= 4 is 17.5 Å². The second-order valence-corrected chi connectivity index (χ2v) is 12.6. The van der Waals surface area contributed by atoms with Gasteiger partial charge in [0.05, 0.1) is 30.4 Å². The van der Waals surface area contributed by atoms with Crippen LogP contribution >= 0.6 is 0 Å². The number of rotatable bonds is 11. The topological polar surface area (TPSA) is 94.6 Å². The van der Waals surface area contributed by atoms with Gasteiger partial charge in [0, 0.05) is 44.3 Å². The molecule has 0 fully saturated rings. The van der Waals surface area contributed by atoms with Gasteiger partial charge >= 0.3 is 0 Å². The molecule has 3 rings (SSSR count). The molecule has 1 heterocycles. The van der Waals surface area contributed by atoms with Crippen molar-refractivity contribution in [2.45, 2.75) is 77.7 Å². The summed E-state index contributed by atoms with van der Waals surface area (Å²) >= 11 is 0. The van der Waals surface area contributed by atoms with Gasteiger partial charge in [0.25, 0.3) is 5.91 Å². The molecule has 0 aliphatic carbocycles. The van der Waals surface area contributed by atoms with E-state index in [2.05, 4.69) is 36.3 Å². The quantitative estimate of drug-likeness (QED) is 0.374. The lowest BCUT2D eigenvalue weighted by atomic mass is 10.0. The Kier molecular flexibility index (Phi) is 14.6. The standard InChI is InChI=1S/C35H54N4O5/c1-26-22-39(27(2)25-40)35(42)31-21-30(36-34(41)16-12-19-37(4)5)17-18-32(31)44-28(3)13-10-11-20-43-33(26)24-38(6)23-29-14-8-7-9-15-29/h7-9,14-15,17-18,21,26-28,33,40H,10-13,16,19-20,22-25H2,1-6H3,(H,36,41)/t26-,27-,28-,33+/m1/s1. The summed E-state index contributed by atoms with van der Waals surface area (Å²) in [6.45, 7) is 9.18. The van der Waals surface area contributed by atoms with Gasteiger partial charge in [0.1, 0.15) is 5.75 Å². The van der Waals surface area contributed by atoms with E-state index < -0.39 is 6.04 Å². The van der Waals surface area contributed by atoms with Crippen LogP contribution in [0.25, 0.3) is 0 Å². The molecule has 244 valence electrons. The fourth-order valence-electron chi connectivity index (χ4n) is 5.51. The summed E-state index contributed by atoms with van der Waals surface area (Å²) in [4.78, 5) is 33.0. The zero-order valence-electron chi connectivity index (χ0n) is 27.6. The monoisotopic (exact) mass is 610 g/mol. The molecule has 0 saturated heterocycles. The number of hydrogen-bond donors (Lipinski definition) is 2. The number of amides is 2. The molecule has 0 spiro atoms. The molecule has 0 radical (unpaired) electrons. The summed E-state index contributed by atoms with van der Waals surface area (Å²) in [5, 5.41) is 13.2. The van der Waals surface area contributed by atoms with Crippen LogP contribution in [0.15, 0.2) is 48.5 Å². The van der Waals surface area contributed by atoms with Crippen molar-refractivity contribution in [2.75, 3.05) is 59.3 Å². The third-order valence-corrected chi connectivity index (χ3v) is 8.13. The highest BCUT2D eigenvalue weighted by Gasteiger charge is 2.30. The summed E-state index contributed by atoms with van der Waals surface area (Å²) in [7, 11) is 6.06. The minimum Gasteiger partial charge on any atom is -0.490 e. The van der Waals surface area contributed by atoms with E-state index in [-0.39, 0.29) is 36.5 Å². The number of likely N-dealkylation sites (N-methyl/N-ethyl adjacent to an activating group) is 1. The number of nitrogens with zero attached hydrogens (tertiary/aromatic N) is 3. The average Bonchev–Trinajstić information content (AvgIpc) is 2.98. The molecule has 2 N–H and O–H groups in total. The molecule has 0 bridgehead atoms. The van der Waals surface area contributed by atoms with Crippen molar-refractivity contribution in [3.63, 3.8) is 0 Å². The number of carbonyl (C=O) groups excluding carboxylic acids is 2. The van der Waals surface area contributed by atoms with Gasteiger partial charge in [-0.15, -0.1) is 0 Å². The zero-order valence-corrected chi connectivity index (χ0v) is 27.6. The number of fused-ring (bicyclic) bond motifs is 1. The van der Waals surface area contributed by atoms with Crippen LogP contribution in [-0.2, 0) is 16.1 Å². The summed E-state index contributed by atoms with van der Waals surface area (Å²) in [5.41, 5.74) is 2.17. The van der Waals surface area contributed by atoms with E-state index in [1.165, 1.54) is 5.56 Å². The lowest BCUT2D eigenvalue weighted by molar-refractivity contribution is -0.116. The molecule has 0 unspecified atom stereocenters. The van der Waals surface area contributed by atoms with Crippen molar-refractivity contribution in [1.82, 2.24) is 14.7 Å². The van der Waals surface area contributed by atoms with Crippen LogP contribution in [0.5, 0.6) is 5.75 Å². The molecule has 2 aromatic rings. The Bertz CT molecular complexity index is 1160.